The molecule has 4 rings (SSSR count). The number of carbonyl (C=O) groups is 1. The molecule has 130 valence electrons. The number of hydrogen-bond donors (Lipinski definition) is 2. The number of carbonyl (C=O) groups excluding carboxylic acids is 1. The highest BCUT2D eigenvalue weighted by Crippen LogP contribution is 2.18. The minimum atomic E-state index is -0.645. The first-order valence-electron chi connectivity index (χ1n) is 7.96. The molecule has 10 nitrogen and oxygen atoms in total. The van der Waals surface area contributed by atoms with Gasteiger partial charge in [0.1, 0.15) is 11.0 Å². The number of H-pyrrole nitrogens is 1. The van der Waals surface area contributed by atoms with Gasteiger partial charge in [-0.15, -0.1) is 0 Å². The molecule has 0 spiro atoms. The Morgan fingerprint density at radius 2 is 2.24 bits per heavy atom. The molecule has 3 aromatic rings. The number of nitrogens with zero attached hydrogens (tertiary/aromatic N) is 6. The maximum absolute atomic E-state index is 12.4. The highest BCUT2D eigenvalue weighted by molar-refractivity contribution is 5.91. The number of fused-ring (bicyclic) bond motifs is 1. The van der Waals surface area contributed by atoms with Gasteiger partial charge in [-0.3, -0.25) is 9.69 Å². The van der Waals surface area contributed by atoms with Crippen molar-refractivity contribution < 1.29 is 14.5 Å². The van der Waals surface area contributed by atoms with E-state index in [0.717, 1.165) is 11.1 Å². The zero-order chi connectivity index (χ0) is 17.2. The van der Waals surface area contributed by atoms with E-state index in [1.54, 1.807) is 4.90 Å². The molecule has 3 heterocycles. The van der Waals surface area contributed by atoms with E-state index in [1.807, 2.05) is 18.2 Å². The SMILES string of the molecule is O=C(c1cn[nH]n1)N1CCN(Cc2cccc3nonc23)C[C@@H](O)C1. The largest absolute Gasteiger partial charge is 0.390 e. The molecular formula is C15H17N7O3. The molecule has 0 bridgehead atoms. The molecule has 2 N–H and O–H groups in total. The van der Waals surface area contributed by atoms with Crippen molar-refractivity contribution in [3.8, 4) is 0 Å². The molecule has 0 saturated carbocycles. The van der Waals surface area contributed by atoms with Crippen molar-refractivity contribution in [2.24, 2.45) is 0 Å². The quantitative estimate of drug-likeness (QED) is 0.662. The van der Waals surface area contributed by atoms with Crippen molar-refractivity contribution in [3.05, 3.63) is 35.7 Å². The van der Waals surface area contributed by atoms with E-state index in [4.69, 9.17) is 4.63 Å². The minimum absolute atomic E-state index is 0.238. The van der Waals surface area contributed by atoms with Crippen LogP contribution in [0.1, 0.15) is 16.1 Å². The van der Waals surface area contributed by atoms with Crippen LogP contribution in [0.5, 0.6) is 0 Å². The maximum atomic E-state index is 12.4. The van der Waals surface area contributed by atoms with Crippen molar-refractivity contribution >= 4 is 16.9 Å². The lowest BCUT2D eigenvalue weighted by Crippen LogP contribution is -2.37. The molecule has 25 heavy (non-hydrogen) atoms. The number of hydrogen-bond acceptors (Lipinski definition) is 8. The van der Waals surface area contributed by atoms with E-state index in [1.165, 1.54) is 6.20 Å². The average molecular weight is 343 g/mol. The molecule has 1 amide bonds. The Labute approximate surface area is 142 Å². The van der Waals surface area contributed by atoms with E-state index in [0.29, 0.717) is 31.7 Å². The fourth-order valence-electron chi connectivity index (χ4n) is 3.08. The highest BCUT2D eigenvalue weighted by atomic mass is 16.6. The predicted octanol–water partition coefficient (Wildman–Crippen LogP) is -0.340. The first-order valence-corrected chi connectivity index (χ1v) is 7.96. The number of amides is 1. The summed E-state index contributed by atoms with van der Waals surface area (Å²) >= 11 is 0. The average Bonchev–Trinajstić information content (AvgIpc) is 3.26. The van der Waals surface area contributed by atoms with Crippen LogP contribution in [-0.2, 0) is 6.54 Å². The van der Waals surface area contributed by atoms with Gasteiger partial charge in [0, 0.05) is 32.7 Å². The standard InChI is InChI=1S/C15H17N7O3/c23-11-8-21(7-10-2-1-3-12-14(10)19-25-18-12)4-5-22(9-11)15(24)13-6-16-20-17-13/h1-3,6,11,23H,4-5,7-9H2,(H,16,17,20)/t11-/m1/s1. The van der Waals surface area contributed by atoms with Gasteiger partial charge in [-0.05, 0) is 21.9 Å². The molecule has 1 aliphatic heterocycles. The number of rotatable bonds is 3. The zero-order valence-electron chi connectivity index (χ0n) is 13.4. The second kappa shape index (κ2) is 6.57. The van der Waals surface area contributed by atoms with Gasteiger partial charge in [-0.1, -0.05) is 12.1 Å². The van der Waals surface area contributed by atoms with Crippen LogP contribution in [0.2, 0.25) is 0 Å². The Morgan fingerprint density at radius 1 is 1.32 bits per heavy atom. The van der Waals surface area contributed by atoms with Crippen molar-refractivity contribution in [1.82, 2.24) is 35.5 Å². The van der Waals surface area contributed by atoms with E-state index < -0.39 is 6.10 Å². The lowest BCUT2D eigenvalue weighted by molar-refractivity contribution is 0.0657. The van der Waals surface area contributed by atoms with Crippen LogP contribution in [-0.4, -0.2) is 78.8 Å². The molecule has 1 aromatic carbocycles. The minimum Gasteiger partial charge on any atom is -0.390 e. The number of aromatic amines is 1. The molecule has 2 aromatic heterocycles. The second-order valence-corrected chi connectivity index (χ2v) is 6.04. The van der Waals surface area contributed by atoms with E-state index in [2.05, 4.69) is 30.6 Å². The molecular weight excluding hydrogens is 326 g/mol. The summed E-state index contributed by atoms with van der Waals surface area (Å²) in [6, 6.07) is 5.70. The molecule has 1 fully saturated rings. The Morgan fingerprint density at radius 3 is 3.08 bits per heavy atom. The third-order valence-electron chi connectivity index (χ3n) is 4.27. The van der Waals surface area contributed by atoms with Gasteiger partial charge in [-0.25, -0.2) is 4.63 Å². The third-order valence-corrected chi connectivity index (χ3v) is 4.27. The van der Waals surface area contributed by atoms with Crippen molar-refractivity contribution in [1.29, 1.82) is 0 Å². The Bertz CT molecular complexity index is 863. The van der Waals surface area contributed by atoms with Crippen LogP contribution >= 0.6 is 0 Å². The third kappa shape index (κ3) is 3.21. The maximum Gasteiger partial charge on any atom is 0.276 e. The first kappa shape index (κ1) is 15.7. The number of benzene rings is 1. The first-order chi connectivity index (χ1) is 12.2. The lowest BCUT2D eigenvalue weighted by atomic mass is 10.1. The van der Waals surface area contributed by atoms with E-state index in [-0.39, 0.29) is 18.1 Å². The van der Waals surface area contributed by atoms with E-state index in [9.17, 15) is 9.90 Å². The second-order valence-electron chi connectivity index (χ2n) is 6.04. The predicted molar refractivity (Wildman–Crippen MR) is 85.4 cm³/mol. The Hall–Kier alpha value is -2.85. The number of aromatic nitrogens is 5. The van der Waals surface area contributed by atoms with Crippen LogP contribution in [0.25, 0.3) is 11.0 Å². The van der Waals surface area contributed by atoms with Gasteiger partial charge in [-0.2, -0.15) is 15.4 Å². The highest BCUT2D eigenvalue weighted by Gasteiger charge is 2.26. The van der Waals surface area contributed by atoms with Crippen molar-refractivity contribution in [2.75, 3.05) is 26.2 Å². The number of aliphatic hydroxyl groups is 1. The smallest absolute Gasteiger partial charge is 0.276 e. The zero-order valence-corrected chi connectivity index (χ0v) is 13.4. The van der Waals surface area contributed by atoms with Gasteiger partial charge < -0.3 is 10.0 Å². The van der Waals surface area contributed by atoms with Crippen LogP contribution in [0, 0.1) is 0 Å². The van der Waals surface area contributed by atoms with Crippen LogP contribution in [0.15, 0.2) is 29.0 Å². The molecule has 0 aliphatic carbocycles. The molecule has 0 radical (unpaired) electrons. The summed E-state index contributed by atoms with van der Waals surface area (Å²) in [5.74, 6) is -0.238. The van der Waals surface area contributed by atoms with Crippen LogP contribution in [0.3, 0.4) is 0 Å². The van der Waals surface area contributed by atoms with E-state index >= 15 is 0 Å². The summed E-state index contributed by atoms with van der Waals surface area (Å²) in [6.45, 7) is 2.44. The van der Waals surface area contributed by atoms with Gasteiger partial charge in [0.15, 0.2) is 5.69 Å². The molecule has 10 heteroatoms. The summed E-state index contributed by atoms with van der Waals surface area (Å²) in [5, 5.41) is 28.0. The topological polar surface area (TPSA) is 124 Å². The molecule has 1 atom stereocenters. The molecule has 0 unspecified atom stereocenters. The Kier molecular flexibility index (Phi) is 4.12. The Balaban J connectivity index is 1.48. The number of aliphatic hydroxyl groups excluding tert-OH is 1. The van der Waals surface area contributed by atoms with Gasteiger partial charge in [0.05, 0.1) is 12.3 Å². The van der Waals surface area contributed by atoms with Crippen molar-refractivity contribution in [3.63, 3.8) is 0 Å². The summed E-state index contributed by atoms with van der Waals surface area (Å²) in [4.78, 5) is 16.1. The summed E-state index contributed by atoms with van der Waals surface area (Å²) in [5.41, 5.74) is 2.65. The summed E-state index contributed by atoms with van der Waals surface area (Å²) in [6.07, 6.45) is 0.739. The summed E-state index contributed by atoms with van der Waals surface area (Å²) < 4.78 is 4.79. The normalized spacial score (nSPS) is 19.2. The van der Waals surface area contributed by atoms with Gasteiger partial charge in [0.25, 0.3) is 5.91 Å². The number of β-amino-alcohol motifs (C(OH)–C–C–N with tert-alkyl or cyclic N) is 1. The van der Waals surface area contributed by atoms with Crippen molar-refractivity contribution in [2.45, 2.75) is 12.6 Å². The fraction of sp³-hybridized carbons (Fsp3) is 0.400. The van der Waals surface area contributed by atoms with Gasteiger partial charge >= 0.3 is 0 Å². The molecule has 1 aliphatic rings. The molecule has 1 saturated heterocycles. The summed E-state index contributed by atoms with van der Waals surface area (Å²) in [7, 11) is 0. The van der Waals surface area contributed by atoms with Crippen LogP contribution < -0.4 is 0 Å². The van der Waals surface area contributed by atoms with Crippen LogP contribution in [0.4, 0.5) is 0 Å². The lowest BCUT2D eigenvalue weighted by Gasteiger charge is -2.21. The number of nitrogens with one attached hydrogen (secondary N) is 1. The van der Waals surface area contributed by atoms with Gasteiger partial charge in [0.2, 0.25) is 0 Å². The fourth-order valence-corrected chi connectivity index (χ4v) is 3.08. The monoisotopic (exact) mass is 343 g/mol.